The van der Waals surface area contributed by atoms with Crippen molar-refractivity contribution in [3.05, 3.63) is 89.1 Å². The highest BCUT2D eigenvalue weighted by Gasteiger charge is 2.41. The molecule has 2 aromatic heterocycles. The summed E-state index contributed by atoms with van der Waals surface area (Å²) in [5.74, 6) is -0.268. The number of ether oxygens (including phenoxy) is 1. The van der Waals surface area contributed by atoms with Gasteiger partial charge in [-0.15, -0.1) is 5.10 Å². The van der Waals surface area contributed by atoms with Crippen molar-refractivity contribution in [2.45, 2.75) is 43.7 Å². The molecule has 7 rings (SSSR count). The van der Waals surface area contributed by atoms with Gasteiger partial charge in [0.15, 0.2) is 17.6 Å². The summed E-state index contributed by atoms with van der Waals surface area (Å²) in [6.45, 7) is 0.827. The first-order valence-corrected chi connectivity index (χ1v) is 13.6. The molecule has 0 aliphatic carbocycles. The Morgan fingerprint density at radius 1 is 0.952 bits per heavy atom. The number of nitrogens with zero attached hydrogens (tertiary/aromatic N) is 5. The van der Waals surface area contributed by atoms with Crippen LogP contribution in [-0.2, 0) is 22.1 Å². The average molecular weight is 575 g/mol. The number of benzene rings is 2. The molecule has 214 valence electrons. The molecule has 42 heavy (non-hydrogen) atoms. The molecular formula is C30H25F3N6O3. The van der Waals surface area contributed by atoms with Crippen LogP contribution in [0.4, 0.5) is 24.9 Å². The number of aliphatic imine (C=N–C) groups is 1. The van der Waals surface area contributed by atoms with Gasteiger partial charge in [-0.2, -0.15) is 13.2 Å². The highest BCUT2D eigenvalue weighted by molar-refractivity contribution is 6.16. The Balaban J connectivity index is 1.24. The number of fused-ring (bicyclic) bond motifs is 3. The standard InChI is InChI=1S/C30H25F3N6O3/c31-30(32,33)19-13-23(39-20-10-11-21(39)16-41-15-20)26(34-14-19)28-37-38-29(42-28)36-27-24(40)12-18-8-4-5-9-22(18)25(35-27)17-6-2-1-3-7-17/h1-9,13-14,20-21,27H,10-12,15-16H2,(H,36,38)/t20?,21?,27-/m1/s1. The Morgan fingerprint density at radius 2 is 1.69 bits per heavy atom. The van der Waals surface area contributed by atoms with E-state index in [1.54, 1.807) is 0 Å². The molecule has 3 atom stereocenters. The minimum absolute atomic E-state index is 0.0660. The van der Waals surface area contributed by atoms with Crippen LogP contribution in [0.25, 0.3) is 11.6 Å². The predicted molar refractivity (Wildman–Crippen MR) is 147 cm³/mol. The van der Waals surface area contributed by atoms with Gasteiger partial charge in [-0.25, -0.2) is 4.98 Å². The minimum atomic E-state index is -4.57. The first-order valence-electron chi connectivity index (χ1n) is 13.6. The fourth-order valence-electron chi connectivity index (χ4n) is 5.89. The zero-order valence-corrected chi connectivity index (χ0v) is 22.2. The summed E-state index contributed by atoms with van der Waals surface area (Å²) in [5, 5.41) is 11.1. The summed E-state index contributed by atoms with van der Waals surface area (Å²) in [6, 6.07) is 18.0. The molecule has 4 aromatic rings. The number of morpholine rings is 1. The number of pyridine rings is 1. The van der Waals surface area contributed by atoms with Gasteiger partial charge in [0.05, 0.1) is 42.3 Å². The molecule has 3 aliphatic rings. The number of carbonyl (C=O) groups is 1. The van der Waals surface area contributed by atoms with E-state index in [0.717, 1.165) is 41.8 Å². The van der Waals surface area contributed by atoms with E-state index in [9.17, 15) is 18.0 Å². The van der Waals surface area contributed by atoms with Gasteiger partial charge >= 0.3 is 12.2 Å². The van der Waals surface area contributed by atoms with Gasteiger partial charge < -0.3 is 19.4 Å². The molecule has 0 saturated carbocycles. The SMILES string of the molecule is O=C1Cc2ccccc2C(c2ccccc2)=N[C@@H]1Nc1nnc(-c2ncc(C(F)(F)F)cc2N2C3CCC2COC3)o1. The Labute approximate surface area is 238 Å². The monoisotopic (exact) mass is 574 g/mol. The molecule has 1 N–H and O–H groups in total. The Bertz CT molecular complexity index is 1660. The van der Waals surface area contributed by atoms with E-state index in [1.165, 1.54) is 0 Å². The summed E-state index contributed by atoms with van der Waals surface area (Å²) in [7, 11) is 0. The van der Waals surface area contributed by atoms with Crippen molar-refractivity contribution >= 4 is 23.2 Å². The second-order valence-electron chi connectivity index (χ2n) is 10.5. The number of hydrogen-bond donors (Lipinski definition) is 1. The molecule has 2 aromatic carbocycles. The minimum Gasteiger partial charge on any atom is -0.402 e. The lowest BCUT2D eigenvalue weighted by atomic mass is 9.96. The molecule has 3 aliphatic heterocycles. The summed E-state index contributed by atoms with van der Waals surface area (Å²) in [5.41, 5.74) is 2.72. The molecule has 0 radical (unpaired) electrons. The maximum Gasteiger partial charge on any atom is 0.417 e. The molecule has 2 fully saturated rings. The fourth-order valence-corrected chi connectivity index (χ4v) is 5.89. The number of carbonyl (C=O) groups excluding carboxylic acids is 1. The van der Waals surface area contributed by atoms with Gasteiger partial charge in [0.1, 0.15) is 0 Å². The number of nitrogens with one attached hydrogen (secondary N) is 1. The highest BCUT2D eigenvalue weighted by Crippen LogP contribution is 2.41. The van der Waals surface area contributed by atoms with E-state index < -0.39 is 17.9 Å². The quantitative estimate of drug-likeness (QED) is 0.358. The predicted octanol–water partition coefficient (Wildman–Crippen LogP) is 4.92. The van der Waals surface area contributed by atoms with Crippen LogP contribution in [0.3, 0.4) is 0 Å². The van der Waals surface area contributed by atoms with Crippen LogP contribution in [0.2, 0.25) is 0 Å². The largest absolute Gasteiger partial charge is 0.417 e. The van der Waals surface area contributed by atoms with Gasteiger partial charge in [0.25, 0.3) is 5.89 Å². The lowest BCUT2D eigenvalue weighted by Gasteiger charge is -2.37. The second-order valence-corrected chi connectivity index (χ2v) is 10.5. The molecule has 0 spiro atoms. The zero-order valence-electron chi connectivity index (χ0n) is 22.2. The summed E-state index contributed by atoms with van der Waals surface area (Å²) < 4.78 is 52.5. The van der Waals surface area contributed by atoms with Crippen molar-refractivity contribution in [3.63, 3.8) is 0 Å². The van der Waals surface area contributed by atoms with Crippen LogP contribution in [0.5, 0.6) is 0 Å². The maximum atomic E-state index is 13.7. The number of alkyl halides is 3. The highest BCUT2D eigenvalue weighted by atomic mass is 19.4. The van der Waals surface area contributed by atoms with Crippen LogP contribution in [0.1, 0.15) is 35.1 Å². The topological polar surface area (TPSA) is 106 Å². The molecule has 2 saturated heterocycles. The van der Waals surface area contributed by atoms with Crippen molar-refractivity contribution in [3.8, 4) is 11.6 Å². The Kier molecular flexibility index (Phi) is 6.49. The van der Waals surface area contributed by atoms with Crippen LogP contribution in [-0.4, -0.2) is 58.1 Å². The van der Waals surface area contributed by atoms with Gasteiger partial charge in [-0.3, -0.25) is 9.79 Å². The fraction of sp³-hybridized carbons (Fsp3) is 0.300. The molecule has 2 unspecified atom stereocenters. The van der Waals surface area contributed by atoms with Gasteiger partial charge in [-0.1, -0.05) is 59.7 Å². The van der Waals surface area contributed by atoms with Crippen LogP contribution >= 0.6 is 0 Å². The summed E-state index contributed by atoms with van der Waals surface area (Å²) >= 11 is 0. The van der Waals surface area contributed by atoms with Gasteiger partial charge in [0.2, 0.25) is 0 Å². The van der Waals surface area contributed by atoms with Crippen molar-refractivity contribution in [1.29, 1.82) is 0 Å². The van der Waals surface area contributed by atoms with E-state index >= 15 is 0 Å². The third kappa shape index (κ3) is 4.81. The van der Waals surface area contributed by atoms with E-state index in [1.807, 2.05) is 59.5 Å². The summed E-state index contributed by atoms with van der Waals surface area (Å²) in [4.78, 5) is 24.1. The van der Waals surface area contributed by atoms with Crippen LogP contribution < -0.4 is 10.2 Å². The van der Waals surface area contributed by atoms with Crippen LogP contribution in [0.15, 0.2) is 76.3 Å². The average Bonchev–Trinajstić information content (AvgIpc) is 3.51. The maximum absolute atomic E-state index is 13.7. The van der Waals surface area contributed by atoms with Crippen molar-refractivity contribution in [2.75, 3.05) is 23.4 Å². The van der Waals surface area contributed by atoms with Gasteiger partial charge in [0, 0.05) is 23.7 Å². The van der Waals surface area contributed by atoms with Crippen molar-refractivity contribution in [2.24, 2.45) is 4.99 Å². The number of hydrogen-bond acceptors (Lipinski definition) is 9. The number of Topliss-reactive ketones (excluding diaryl/α,β-unsaturated/α-hetero) is 1. The third-order valence-electron chi connectivity index (χ3n) is 7.85. The smallest absolute Gasteiger partial charge is 0.402 e. The molecule has 5 heterocycles. The van der Waals surface area contributed by atoms with E-state index in [0.29, 0.717) is 18.9 Å². The third-order valence-corrected chi connectivity index (χ3v) is 7.85. The normalized spacial score (nSPS) is 22.0. The number of anilines is 2. The van der Waals surface area contributed by atoms with E-state index in [4.69, 9.17) is 14.1 Å². The first kappa shape index (κ1) is 26.3. The van der Waals surface area contributed by atoms with E-state index in [-0.39, 0.29) is 47.6 Å². The van der Waals surface area contributed by atoms with Crippen LogP contribution in [0, 0.1) is 0 Å². The molecule has 0 amide bonds. The van der Waals surface area contributed by atoms with E-state index in [2.05, 4.69) is 20.5 Å². The lowest BCUT2D eigenvalue weighted by molar-refractivity contribution is -0.137. The zero-order chi connectivity index (χ0) is 28.8. The molecule has 9 nitrogen and oxygen atoms in total. The van der Waals surface area contributed by atoms with Gasteiger partial charge in [-0.05, 0) is 24.5 Å². The lowest BCUT2D eigenvalue weighted by Crippen LogP contribution is -2.46. The molecule has 2 bridgehead atoms. The number of aromatic nitrogens is 3. The Hall–Kier alpha value is -4.58. The molecular weight excluding hydrogens is 549 g/mol. The number of rotatable bonds is 5. The molecule has 12 heteroatoms. The van der Waals surface area contributed by atoms with Crippen molar-refractivity contribution < 1.29 is 27.1 Å². The Morgan fingerprint density at radius 3 is 2.45 bits per heavy atom. The van der Waals surface area contributed by atoms with Crippen molar-refractivity contribution in [1.82, 2.24) is 15.2 Å². The number of halogens is 3. The number of ketones is 1. The first-order chi connectivity index (χ1) is 20.3. The second kappa shape index (κ2) is 10.4. The summed E-state index contributed by atoms with van der Waals surface area (Å²) in [6.07, 6.45) is -3.11.